The summed E-state index contributed by atoms with van der Waals surface area (Å²) in [4.78, 5) is 11.2. The third kappa shape index (κ3) is 4.22. The van der Waals surface area contributed by atoms with Gasteiger partial charge in [-0.25, -0.2) is 0 Å². The van der Waals surface area contributed by atoms with Crippen LogP contribution in [-0.4, -0.2) is 31.6 Å². The molecule has 19 heavy (non-hydrogen) atoms. The normalized spacial score (nSPS) is 15.4. The second kappa shape index (κ2) is 6.54. The summed E-state index contributed by atoms with van der Waals surface area (Å²) in [6, 6.07) is 6.15. The minimum Gasteiger partial charge on any atom is -0.482 e. The SMILES string of the molecule is CC(N)CCNCCc1ccc2c(c1)NC(=O)CO2. The van der Waals surface area contributed by atoms with E-state index < -0.39 is 0 Å². The number of benzene rings is 1. The number of carbonyl (C=O) groups excluding carboxylic acids is 1. The van der Waals surface area contributed by atoms with Crippen LogP contribution in [0.4, 0.5) is 5.69 Å². The van der Waals surface area contributed by atoms with E-state index >= 15 is 0 Å². The molecule has 0 aromatic heterocycles. The standard InChI is InChI=1S/C14H21N3O2/c1-10(15)4-6-16-7-5-11-2-3-13-12(8-11)17-14(18)9-19-13/h2-3,8,10,16H,4-7,9,15H2,1H3,(H,17,18). The molecule has 5 heteroatoms. The summed E-state index contributed by atoms with van der Waals surface area (Å²) in [6.07, 6.45) is 1.90. The molecule has 0 saturated heterocycles. The smallest absolute Gasteiger partial charge is 0.262 e. The van der Waals surface area contributed by atoms with E-state index in [2.05, 4.69) is 10.6 Å². The third-order valence-electron chi connectivity index (χ3n) is 3.04. The number of anilines is 1. The number of amides is 1. The molecule has 2 rings (SSSR count). The number of hydrogen-bond donors (Lipinski definition) is 3. The first-order valence-corrected chi connectivity index (χ1v) is 6.67. The molecule has 1 aliphatic rings. The Labute approximate surface area is 113 Å². The minimum atomic E-state index is -0.0975. The van der Waals surface area contributed by atoms with Gasteiger partial charge in [-0.3, -0.25) is 4.79 Å². The van der Waals surface area contributed by atoms with Gasteiger partial charge in [-0.05, 0) is 50.6 Å². The van der Waals surface area contributed by atoms with Crippen molar-refractivity contribution in [2.24, 2.45) is 5.73 Å². The van der Waals surface area contributed by atoms with Crippen LogP contribution in [0.2, 0.25) is 0 Å². The predicted octanol–water partition coefficient (Wildman–Crippen LogP) is 0.887. The van der Waals surface area contributed by atoms with Crippen molar-refractivity contribution in [3.8, 4) is 5.75 Å². The van der Waals surface area contributed by atoms with E-state index in [9.17, 15) is 4.79 Å². The van der Waals surface area contributed by atoms with E-state index in [-0.39, 0.29) is 18.6 Å². The van der Waals surface area contributed by atoms with E-state index in [0.717, 1.165) is 37.4 Å². The van der Waals surface area contributed by atoms with Crippen molar-refractivity contribution in [1.29, 1.82) is 0 Å². The van der Waals surface area contributed by atoms with Crippen LogP contribution < -0.4 is 21.1 Å². The molecule has 1 atom stereocenters. The zero-order chi connectivity index (χ0) is 13.7. The molecule has 0 saturated carbocycles. The van der Waals surface area contributed by atoms with E-state index in [1.807, 2.05) is 25.1 Å². The number of ether oxygens (including phenoxy) is 1. The fourth-order valence-electron chi connectivity index (χ4n) is 1.97. The number of fused-ring (bicyclic) bond motifs is 1. The molecule has 104 valence electrons. The summed E-state index contributed by atoms with van der Waals surface area (Å²) in [5.41, 5.74) is 7.63. The molecule has 1 aromatic rings. The van der Waals surface area contributed by atoms with Crippen LogP contribution >= 0.6 is 0 Å². The quantitative estimate of drug-likeness (QED) is 0.666. The Morgan fingerprint density at radius 3 is 3.11 bits per heavy atom. The van der Waals surface area contributed by atoms with Gasteiger partial charge in [0.15, 0.2) is 6.61 Å². The Kier molecular flexibility index (Phi) is 4.76. The van der Waals surface area contributed by atoms with Gasteiger partial charge >= 0.3 is 0 Å². The highest BCUT2D eigenvalue weighted by atomic mass is 16.5. The largest absolute Gasteiger partial charge is 0.482 e. The molecule has 1 unspecified atom stereocenters. The Balaban J connectivity index is 1.81. The highest BCUT2D eigenvalue weighted by molar-refractivity contribution is 5.95. The summed E-state index contributed by atoms with van der Waals surface area (Å²) >= 11 is 0. The van der Waals surface area contributed by atoms with Crippen LogP contribution in [0.25, 0.3) is 0 Å². The second-order valence-electron chi connectivity index (χ2n) is 4.93. The van der Waals surface area contributed by atoms with Gasteiger partial charge in [0.05, 0.1) is 5.69 Å². The van der Waals surface area contributed by atoms with Gasteiger partial charge < -0.3 is 21.1 Å². The lowest BCUT2D eigenvalue weighted by molar-refractivity contribution is -0.118. The van der Waals surface area contributed by atoms with Crippen molar-refractivity contribution in [3.63, 3.8) is 0 Å². The highest BCUT2D eigenvalue weighted by Crippen LogP contribution is 2.28. The molecule has 1 aromatic carbocycles. The van der Waals surface area contributed by atoms with E-state index in [1.54, 1.807) is 0 Å². The van der Waals surface area contributed by atoms with E-state index in [4.69, 9.17) is 10.5 Å². The van der Waals surface area contributed by atoms with E-state index in [0.29, 0.717) is 0 Å². The Bertz CT molecular complexity index is 446. The van der Waals surface area contributed by atoms with Gasteiger partial charge in [-0.1, -0.05) is 6.07 Å². The van der Waals surface area contributed by atoms with Gasteiger partial charge in [0.1, 0.15) is 5.75 Å². The number of carbonyl (C=O) groups is 1. The zero-order valence-corrected chi connectivity index (χ0v) is 11.2. The van der Waals surface area contributed by atoms with Crippen molar-refractivity contribution in [2.45, 2.75) is 25.8 Å². The molecule has 4 N–H and O–H groups in total. The maximum atomic E-state index is 11.2. The maximum absolute atomic E-state index is 11.2. The van der Waals surface area contributed by atoms with E-state index in [1.165, 1.54) is 5.56 Å². The van der Waals surface area contributed by atoms with Crippen molar-refractivity contribution in [1.82, 2.24) is 5.32 Å². The summed E-state index contributed by atoms with van der Waals surface area (Å²) in [6.45, 7) is 3.95. The molecular formula is C14H21N3O2. The van der Waals surface area contributed by atoms with Gasteiger partial charge in [-0.2, -0.15) is 0 Å². The summed E-state index contributed by atoms with van der Waals surface area (Å²) in [5.74, 6) is 0.646. The lowest BCUT2D eigenvalue weighted by Gasteiger charge is -2.18. The first-order valence-electron chi connectivity index (χ1n) is 6.67. The lowest BCUT2D eigenvalue weighted by Crippen LogP contribution is -2.26. The molecule has 0 spiro atoms. The summed E-state index contributed by atoms with van der Waals surface area (Å²) in [7, 11) is 0. The zero-order valence-electron chi connectivity index (χ0n) is 11.2. The van der Waals surface area contributed by atoms with Crippen LogP contribution in [0, 0.1) is 0 Å². The van der Waals surface area contributed by atoms with Crippen LogP contribution in [0.1, 0.15) is 18.9 Å². The molecule has 1 heterocycles. The topological polar surface area (TPSA) is 76.4 Å². The van der Waals surface area contributed by atoms with Crippen molar-refractivity contribution in [3.05, 3.63) is 23.8 Å². The number of rotatable bonds is 6. The average Bonchev–Trinajstić information content (AvgIpc) is 2.37. The summed E-state index contributed by atoms with van der Waals surface area (Å²) < 4.78 is 5.32. The molecule has 5 nitrogen and oxygen atoms in total. The fourth-order valence-corrected chi connectivity index (χ4v) is 1.97. The van der Waals surface area contributed by atoms with Gasteiger partial charge in [0.2, 0.25) is 0 Å². The third-order valence-corrected chi connectivity index (χ3v) is 3.04. The van der Waals surface area contributed by atoms with Crippen molar-refractivity contribution < 1.29 is 9.53 Å². The number of nitrogens with two attached hydrogens (primary N) is 1. The first-order chi connectivity index (χ1) is 9.15. The lowest BCUT2D eigenvalue weighted by atomic mass is 10.1. The summed E-state index contributed by atoms with van der Waals surface area (Å²) in [5, 5.41) is 6.17. The van der Waals surface area contributed by atoms with Crippen LogP contribution in [0.5, 0.6) is 5.75 Å². The maximum Gasteiger partial charge on any atom is 0.262 e. The van der Waals surface area contributed by atoms with Gasteiger partial charge in [0, 0.05) is 6.04 Å². The minimum absolute atomic E-state index is 0.0975. The molecular weight excluding hydrogens is 242 g/mol. The Morgan fingerprint density at radius 2 is 2.32 bits per heavy atom. The first kappa shape index (κ1) is 13.8. The monoisotopic (exact) mass is 263 g/mol. The van der Waals surface area contributed by atoms with Crippen LogP contribution in [0.3, 0.4) is 0 Å². The molecule has 0 bridgehead atoms. The second-order valence-corrected chi connectivity index (χ2v) is 4.93. The molecule has 0 aliphatic carbocycles. The Hall–Kier alpha value is -1.59. The van der Waals surface area contributed by atoms with Gasteiger partial charge in [0.25, 0.3) is 5.91 Å². The highest BCUT2D eigenvalue weighted by Gasteiger charge is 2.15. The molecule has 0 radical (unpaired) electrons. The van der Waals surface area contributed by atoms with Crippen molar-refractivity contribution in [2.75, 3.05) is 25.0 Å². The fraction of sp³-hybridized carbons (Fsp3) is 0.500. The van der Waals surface area contributed by atoms with Crippen LogP contribution in [0.15, 0.2) is 18.2 Å². The molecule has 1 amide bonds. The molecule has 0 fully saturated rings. The number of hydrogen-bond acceptors (Lipinski definition) is 4. The van der Waals surface area contributed by atoms with Crippen LogP contribution in [-0.2, 0) is 11.2 Å². The molecule has 1 aliphatic heterocycles. The number of nitrogens with one attached hydrogen (secondary N) is 2. The average molecular weight is 263 g/mol. The Morgan fingerprint density at radius 1 is 1.47 bits per heavy atom. The van der Waals surface area contributed by atoms with Gasteiger partial charge in [-0.15, -0.1) is 0 Å². The van der Waals surface area contributed by atoms with Crippen molar-refractivity contribution >= 4 is 11.6 Å². The predicted molar refractivity (Wildman–Crippen MR) is 75.4 cm³/mol.